The summed E-state index contributed by atoms with van der Waals surface area (Å²) in [5, 5.41) is 43.4. The molecule has 5 rings (SSSR count). The second-order valence-corrected chi connectivity index (χ2v) is 8.48. The van der Waals surface area contributed by atoms with Gasteiger partial charge in [-0.3, -0.25) is 24.4 Å². The summed E-state index contributed by atoms with van der Waals surface area (Å²) in [6, 6.07) is 2.99. The molecule has 3 atom stereocenters. The number of aliphatic hydroxyl groups excluding tert-OH is 2. The number of ketones is 2. The zero-order valence-corrected chi connectivity index (χ0v) is 17.1. The van der Waals surface area contributed by atoms with Gasteiger partial charge in [0, 0.05) is 35.9 Å². The van der Waals surface area contributed by atoms with E-state index in [1.807, 2.05) is 0 Å². The van der Waals surface area contributed by atoms with Crippen LogP contribution in [0.15, 0.2) is 47.6 Å². The molecule has 3 aliphatic rings. The van der Waals surface area contributed by atoms with Crippen LogP contribution in [-0.4, -0.2) is 53.5 Å². The normalized spacial score (nSPS) is 26.6. The summed E-state index contributed by atoms with van der Waals surface area (Å²) >= 11 is 0. The van der Waals surface area contributed by atoms with Crippen molar-refractivity contribution in [3.63, 3.8) is 0 Å². The molecule has 3 aliphatic carbocycles. The Kier molecular flexibility index (Phi) is 4.40. The van der Waals surface area contributed by atoms with Crippen LogP contribution < -0.4 is 5.73 Å². The van der Waals surface area contributed by atoms with Gasteiger partial charge in [-0.2, -0.15) is 0 Å². The molecule has 0 aliphatic heterocycles. The van der Waals surface area contributed by atoms with Crippen LogP contribution in [0.25, 0.3) is 17.0 Å². The number of phenolic OH excluding ortho intramolecular Hbond substituents is 1. The lowest BCUT2D eigenvalue weighted by Gasteiger charge is -2.46. The van der Waals surface area contributed by atoms with Crippen molar-refractivity contribution in [2.45, 2.75) is 24.9 Å². The number of carbonyl (C=O) groups excluding carboxylic acids is 3. The Morgan fingerprint density at radius 2 is 1.88 bits per heavy atom. The van der Waals surface area contributed by atoms with Gasteiger partial charge >= 0.3 is 0 Å². The molecule has 0 bridgehead atoms. The summed E-state index contributed by atoms with van der Waals surface area (Å²) in [4.78, 5) is 45.9. The molecule has 10 heteroatoms. The molecule has 10 nitrogen and oxygen atoms in total. The Balaban J connectivity index is 1.72. The predicted molar refractivity (Wildman–Crippen MR) is 112 cm³/mol. The Hall–Kier alpha value is -4.05. The number of rotatable bonds is 2. The number of nitrogens with zero attached hydrogens (tertiary/aromatic N) is 2. The first-order valence-corrected chi connectivity index (χ1v) is 10.2. The molecule has 1 aromatic carbocycles. The number of fused-ring (bicyclic) bond motifs is 3. The topological polar surface area (TPSA) is 184 Å². The predicted octanol–water partition coefficient (Wildman–Crippen LogP) is 0.881. The van der Waals surface area contributed by atoms with Crippen molar-refractivity contribution in [3.05, 3.63) is 58.8 Å². The molecule has 2 aromatic rings. The van der Waals surface area contributed by atoms with Crippen molar-refractivity contribution < 1.29 is 34.8 Å². The Bertz CT molecular complexity index is 1310. The molecule has 33 heavy (non-hydrogen) atoms. The fraction of sp³-hybridized carbons (Fsp3) is 0.261. The van der Waals surface area contributed by atoms with Gasteiger partial charge in [0.25, 0.3) is 5.91 Å². The van der Waals surface area contributed by atoms with Crippen LogP contribution in [0, 0.1) is 11.8 Å². The quantitative estimate of drug-likeness (QED) is 0.415. The highest BCUT2D eigenvalue weighted by atomic mass is 16.3. The molecule has 3 unspecified atom stereocenters. The molecular formula is C23H19N3O7. The van der Waals surface area contributed by atoms with E-state index < -0.39 is 52.0 Å². The van der Waals surface area contributed by atoms with Crippen molar-refractivity contribution in [2.75, 3.05) is 0 Å². The van der Waals surface area contributed by atoms with Gasteiger partial charge in [0.05, 0.1) is 17.5 Å². The third-order valence-electron chi connectivity index (χ3n) is 6.79. The summed E-state index contributed by atoms with van der Waals surface area (Å²) in [6.45, 7) is 0. The SMILES string of the molecule is NC(=O)C1=C(O)C2(O)C(=O)C3=C(O)c4c(O)ccc(-c5cnccn5)c4CC3CC2CC1=O. The molecule has 168 valence electrons. The van der Waals surface area contributed by atoms with Crippen LogP contribution in [0.2, 0.25) is 0 Å². The number of benzene rings is 1. The fourth-order valence-electron chi connectivity index (χ4n) is 5.30. The maximum atomic E-state index is 13.5. The standard InChI is InChI=1S/C23H19N3O7/c24-22(32)18-15(28)7-10-5-9-6-12-11(13-8-25-3-4-26-13)1-2-14(27)17(12)19(29)16(9)20(30)23(10,33)21(18)31/h1-4,8-10,27,29,31,33H,5-7H2,(H2,24,32). The molecule has 1 heterocycles. The van der Waals surface area contributed by atoms with E-state index in [1.165, 1.54) is 24.7 Å². The highest BCUT2D eigenvalue weighted by Crippen LogP contribution is 2.52. The summed E-state index contributed by atoms with van der Waals surface area (Å²) in [5.41, 5.74) is 3.28. The highest BCUT2D eigenvalue weighted by Gasteiger charge is 2.60. The van der Waals surface area contributed by atoms with E-state index >= 15 is 0 Å². The average Bonchev–Trinajstić information content (AvgIpc) is 2.76. The van der Waals surface area contributed by atoms with Gasteiger partial charge in [0.2, 0.25) is 5.78 Å². The van der Waals surface area contributed by atoms with Gasteiger partial charge in [-0.05, 0) is 36.5 Å². The van der Waals surface area contributed by atoms with E-state index in [1.54, 1.807) is 6.07 Å². The minimum absolute atomic E-state index is 0.0188. The van der Waals surface area contributed by atoms with Crippen LogP contribution in [0.1, 0.15) is 24.0 Å². The van der Waals surface area contributed by atoms with Crippen LogP contribution in [0.3, 0.4) is 0 Å². The van der Waals surface area contributed by atoms with Crippen molar-refractivity contribution in [1.82, 2.24) is 9.97 Å². The van der Waals surface area contributed by atoms with Crippen LogP contribution in [0.4, 0.5) is 0 Å². The third kappa shape index (κ3) is 2.74. The molecule has 0 spiro atoms. The number of hydrogen-bond acceptors (Lipinski definition) is 9. The van der Waals surface area contributed by atoms with Gasteiger partial charge in [0.1, 0.15) is 22.8 Å². The Morgan fingerprint density at radius 1 is 1.12 bits per heavy atom. The van der Waals surface area contributed by atoms with Gasteiger partial charge in [0.15, 0.2) is 11.4 Å². The van der Waals surface area contributed by atoms with Crippen LogP contribution in [0.5, 0.6) is 5.75 Å². The Labute approximate surface area is 186 Å². The van der Waals surface area contributed by atoms with E-state index in [2.05, 4.69) is 9.97 Å². The minimum atomic E-state index is -2.58. The first-order valence-electron chi connectivity index (χ1n) is 10.2. The molecule has 1 amide bonds. The number of primary amides is 1. The largest absolute Gasteiger partial charge is 0.508 e. The summed E-state index contributed by atoms with van der Waals surface area (Å²) in [6.07, 6.45) is 4.45. The van der Waals surface area contributed by atoms with E-state index in [0.717, 1.165) is 0 Å². The van der Waals surface area contributed by atoms with Crippen molar-refractivity contribution >= 4 is 23.2 Å². The first kappa shape index (κ1) is 20.8. The number of nitrogens with two attached hydrogens (primary N) is 1. The zero-order valence-electron chi connectivity index (χ0n) is 17.1. The fourth-order valence-corrected chi connectivity index (χ4v) is 5.30. The van der Waals surface area contributed by atoms with E-state index in [9.17, 15) is 34.8 Å². The maximum Gasteiger partial charge on any atom is 0.255 e. The second-order valence-electron chi connectivity index (χ2n) is 8.48. The maximum absolute atomic E-state index is 13.5. The second kappa shape index (κ2) is 6.97. The lowest BCUT2D eigenvalue weighted by Crippen LogP contribution is -2.58. The summed E-state index contributed by atoms with van der Waals surface area (Å²) < 4.78 is 0. The van der Waals surface area contributed by atoms with Gasteiger partial charge < -0.3 is 26.2 Å². The number of hydrogen-bond donors (Lipinski definition) is 5. The number of carbonyl (C=O) groups is 3. The van der Waals surface area contributed by atoms with Crippen LogP contribution in [-0.2, 0) is 20.8 Å². The molecular weight excluding hydrogens is 430 g/mol. The van der Waals surface area contributed by atoms with E-state index in [4.69, 9.17) is 5.73 Å². The molecule has 1 saturated carbocycles. The van der Waals surface area contributed by atoms with Crippen molar-refractivity contribution in [2.24, 2.45) is 17.6 Å². The number of Topliss-reactive ketones (excluding diaryl/α,β-unsaturated/α-hetero) is 2. The zero-order chi connectivity index (χ0) is 23.7. The van der Waals surface area contributed by atoms with Crippen molar-refractivity contribution in [3.8, 4) is 17.0 Å². The molecule has 0 saturated heterocycles. The van der Waals surface area contributed by atoms with E-state index in [0.29, 0.717) is 16.8 Å². The molecule has 0 radical (unpaired) electrons. The average molecular weight is 449 g/mol. The number of aliphatic hydroxyl groups is 3. The molecule has 1 aromatic heterocycles. The van der Waals surface area contributed by atoms with E-state index in [-0.39, 0.29) is 36.1 Å². The van der Waals surface area contributed by atoms with Gasteiger partial charge in [-0.1, -0.05) is 0 Å². The minimum Gasteiger partial charge on any atom is -0.508 e. The van der Waals surface area contributed by atoms with Gasteiger partial charge in [-0.25, -0.2) is 0 Å². The summed E-state index contributed by atoms with van der Waals surface area (Å²) in [5.74, 6) is -6.57. The Morgan fingerprint density at radius 3 is 2.55 bits per heavy atom. The van der Waals surface area contributed by atoms with Crippen LogP contribution >= 0.6 is 0 Å². The monoisotopic (exact) mass is 449 g/mol. The molecule has 6 N–H and O–H groups in total. The number of aromatic hydroxyl groups is 1. The highest BCUT2D eigenvalue weighted by molar-refractivity contribution is 6.22. The molecule has 1 fully saturated rings. The third-order valence-corrected chi connectivity index (χ3v) is 6.79. The summed E-state index contributed by atoms with van der Waals surface area (Å²) in [7, 11) is 0. The number of phenols is 1. The lowest BCUT2D eigenvalue weighted by atomic mass is 9.59. The van der Waals surface area contributed by atoms with Gasteiger partial charge in [-0.15, -0.1) is 0 Å². The number of amides is 1. The smallest absolute Gasteiger partial charge is 0.255 e. The number of aromatic nitrogens is 2. The van der Waals surface area contributed by atoms with Crippen molar-refractivity contribution in [1.29, 1.82) is 0 Å². The lowest BCUT2D eigenvalue weighted by molar-refractivity contribution is -0.147. The first-order chi connectivity index (χ1) is 15.7.